The largest absolute Gasteiger partial charge is 0.481 e. The van der Waals surface area contributed by atoms with E-state index in [-0.39, 0.29) is 0 Å². The number of amides is 1. The highest BCUT2D eigenvalue weighted by Gasteiger charge is 2.34. The summed E-state index contributed by atoms with van der Waals surface area (Å²) in [4.78, 5) is 23.5. The molecule has 0 aliphatic heterocycles. The number of carbonyl (C=O) groups excluding carboxylic acids is 1. The molecule has 4 nitrogen and oxygen atoms in total. The van der Waals surface area contributed by atoms with Gasteiger partial charge in [-0.3, -0.25) is 9.59 Å². The second-order valence-corrected chi connectivity index (χ2v) is 5.92. The van der Waals surface area contributed by atoms with Gasteiger partial charge in [0, 0.05) is 5.69 Å². The highest BCUT2D eigenvalue weighted by Crippen LogP contribution is 2.29. The molecule has 0 spiro atoms. The van der Waals surface area contributed by atoms with Gasteiger partial charge in [0.15, 0.2) is 0 Å². The topological polar surface area (TPSA) is 66.4 Å². The van der Waals surface area contributed by atoms with Gasteiger partial charge in [0.05, 0.1) is 16.3 Å². The Bertz CT molecular complexity index is 615. The minimum absolute atomic E-state index is 0.321. The molecule has 0 saturated heterocycles. The van der Waals surface area contributed by atoms with Gasteiger partial charge in [0.25, 0.3) is 0 Å². The average molecular weight is 356 g/mol. The Morgan fingerprint density at radius 2 is 1.90 bits per heavy atom. The van der Waals surface area contributed by atoms with Crippen LogP contribution in [-0.4, -0.2) is 17.0 Å². The third-order valence-corrected chi connectivity index (χ3v) is 4.22. The molecule has 0 aromatic heterocycles. The number of anilines is 1. The van der Waals surface area contributed by atoms with Gasteiger partial charge in [0.2, 0.25) is 5.91 Å². The maximum absolute atomic E-state index is 13.6. The Labute approximate surface area is 130 Å². The molecule has 112 valence electrons. The lowest BCUT2D eigenvalue weighted by molar-refractivity contribution is -0.146. The molecule has 1 aromatic carbocycles. The van der Waals surface area contributed by atoms with Crippen molar-refractivity contribution in [3.8, 4) is 0 Å². The van der Waals surface area contributed by atoms with E-state index in [9.17, 15) is 19.1 Å². The van der Waals surface area contributed by atoms with E-state index in [4.69, 9.17) is 0 Å². The molecule has 1 aliphatic rings. The molecule has 2 unspecified atom stereocenters. The third kappa shape index (κ3) is 3.50. The minimum atomic E-state index is -0.988. The summed E-state index contributed by atoms with van der Waals surface area (Å²) in [5.41, 5.74) is 1.06. The van der Waals surface area contributed by atoms with Gasteiger partial charge in [-0.15, -0.1) is 0 Å². The summed E-state index contributed by atoms with van der Waals surface area (Å²) in [6, 6.07) is 2.80. The Hall–Kier alpha value is -1.69. The zero-order valence-corrected chi connectivity index (χ0v) is 13.0. The Balaban J connectivity index is 2.19. The predicted molar refractivity (Wildman–Crippen MR) is 80.5 cm³/mol. The van der Waals surface area contributed by atoms with Crippen molar-refractivity contribution in [2.75, 3.05) is 5.32 Å². The van der Waals surface area contributed by atoms with Gasteiger partial charge in [-0.1, -0.05) is 12.2 Å². The van der Waals surface area contributed by atoms with Gasteiger partial charge < -0.3 is 10.4 Å². The van der Waals surface area contributed by atoms with Crippen LogP contribution in [0.3, 0.4) is 0 Å². The lowest BCUT2D eigenvalue weighted by atomic mass is 9.82. The summed E-state index contributed by atoms with van der Waals surface area (Å²) in [5, 5.41) is 11.8. The third-order valence-electron chi connectivity index (χ3n) is 3.61. The molecule has 2 atom stereocenters. The van der Waals surface area contributed by atoms with Crippen molar-refractivity contribution >= 4 is 33.5 Å². The average Bonchev–Trinajstić information content (AvgIpc) is 2.44. The molecule has 1 aliphatic carbocycles. The fourth-order valence-electron chi connectivity index (χ4n) is 2.38. The monoisotopic (exact) mass is 355 g/mol. The highest BCUT2D eigenvalue weighted by atomic mass is 79.9. The van der Waals surface area contributed by atoms with Crippen LogP contribution in [0.2, 0.25) is 0 Å². The number of allylic oxidation sites excluding steroid dienone is 2. The number of aryl methyl sites for hydroxylation is 1. The number of carbonyl (C=O) groups is 2. The summed E-state index contributed by atoms with van der Waals surface area (Å²) < 4.78 is 13.9. The molecule has 21 heavy (non-hydrogen) atoms. The van der Waals surface area contributed by atoms with Crippen LogP contribution in [0.5, 0.6) is 0 Å². The molecular weight excluding hydrogens is 341 g/mol. The van der Waals surface area contributed by atoms with Crippen molar-refractivity contribution in [2.24, 2.45) is 11.8 Å². The number of hydrogen-bond donors (Lipinski definition) is 2. The molecule has 0 heterocycles. The van der Waals surface area contributed by atoms with E-state index in [0.717, 1.165) is 0 Å². The van der Waals surface area contributed by atoms with E-state index in [2.05, 4.69) is 21.2 Å². The van der Waals surface area contributed by atoms with Gasteiger partial charge in [-0.05, 0) is 53.4 Å². The second kappa shape index (κ2) is 6.39. The number of carboxylic acid groups (broad SMARTS) is 1. The van der Waals surface area contributed by atoms with Crippen LogP contribution in [0, 0.1) is 24.6 Å². The molecular formula is C15H15BrFNO3. The lowest BCUT2D eigenvalue weighted by Gasteiger charge is -2.24. The molecule has 0 radical (unpaired) electrons. The number of benzene rings is 1. The van der Waals surface area contributed by atoms with Crippen molar-refractivity contribution in [2.45, 2.75) is 19.8 Å². The molecule has 0 saturated carbocycles. The molecule has 1 amide bonds. The van der Waals surface area contributed by atoms with Crippen LogP contribution < -0.4 is 5.32 Å². The van der Waals surface area contributed by atoms with E-state index in [1.165, 1.54) is 6.07 Å². The summed E-state index contributed by atoms with van der Waals surface area (Å²) in [5.74, 6) is -3.24. The number of rotatable bonds is 3. The summed E-state index contributed by atoms with van der Waals surface area (Å²) >= 11 is 3.08. The van der Waals surface area contributed by atoms with Crippen LogP contribution in [0.15, 0.2) is 28.8 Å². The lowest BCUT2D eigenvalue weighted by Crippen LogP contribution is -2.34. The Morgan fingerprint density at radius 1 is 1.29 bits per heavy atom. The second-order valence-electron chi connectivity index (χ2n) is 5.06. The number of aliphatic carboxylic acids is 1. The Morgan fingerprint density at radius 3 is 2.52 bits per heavy atom. The van der Waals surface area contributed by atoms with E-state index in [1.54, 1.807) is 25.1 Å². The number of hydrogen-bond acceptors (Lipinski definition) is 2. The van der Waals surface area contributed by atoms with E-state index < -0.39 is 29.5 Å². The molecule has 2 rings (SSSR count). The van der Waals surface area contributed by atoms with Crippen molar-refractivity contribution in [3.63, 3.8) is 0 Å². The first-order valence-corrected chi connectivity index (χ1v) is 7.33. The maximum Gasteiger partial charge on any atom is 0.307 e. The van der Waals surface area contributed by atoms with Crippen LogP contribution >= 0.6 is 15.9 Å². The maximum atomic E-state index is 13.6. The predicted octanol–water partition coefficient (Wildman–Crippen LogP) is 3.50. The SMILES string of the molecule is Cc1cc(Br)c(F)cc1NC(=O)C1CC=CCC1C(=O)O. The smallest absolute Gasteiger partial charge is 0.307 e. The molecule has 2 N–H and O–H groups in total. The first kappa shape index (κ1) is 15.7. The van der Waals surface area contributed by atoms with E-state index in [1.807, 2.05) is 0 Å². The first-order valence-electron chi connectivity index (χ1n) is 6.54. The molecule has 1 aromatic rings. The minimum Gasteiger partial charge on any atom is -0.481 e. The first-order chi connectivity index (χ1) is 9.90. The van der Waals surface area contributed by atoms with Crippen molar-refractivity contribution in [1.82, 2.24) is 0 Å². The summed E-state index contributed by atoms with van der Waals surface area (Å²) in [6.45, 7) is 1.75. The van der Waals surface area contributed by atoms with E-state index in [0.29, 0.717) is 28.6 Å². The highest BCUT2D eigenvalue weighted by molar-refractivity contribution is 9.10. The number of nitrogens with one attached hydrogen (secondary N) is 1. The van der Waals surface area contributed by atoms with Gasteiger partial charge >= 0.3 is 5.97 Å². The molecule has 6 heteroatoms. The fraction of sp³-hybridized carbons (Fsp3) is 0.333. The normalized spacial score (nSPS) is 21.1. The quantitative estimate of drug-likeness (QED) is 0.815. The van der Waals surface area contributed by atoms with Crippen molar-refractivity contribution < 1.29 is 19.1 Å². The van der Waals surface area contributed by atoms with Gasteiger partial charge in [0.1, 0.15) is 5.82 Å². The fourth-order valence-corrected chi connectivity index (χ4v) is 2.84. The van der Waals surface area contributed by atoms with E-state index >= 15 is 0 Å². The summed E-state index contributed by atoms with van der Waals surface area (Å²) in [7, 11) is 0. The van der Waals surface area contributed by atoms with Gasteiger partial charge in [-0.25, -0.2) is 4.39 Å². The number of halogens is 2. The van der Waals surface area contributed by atoms with Crippen LogP contribution in [-0.2, 0) is 9.59 Å². The number of carboxylic acids is 1. The van der Waals surface area contributed by atoms with Crippen LogP contribution in [0.25, 0.3) is 0 Å². The van der Waals surface area contributed by atoms with Gasteiger partial charge in [-0.2, -0.15) is 0 Å². The standard InChI is InChI=1S/C15H15BrFNO3/c1-8-6-11(16)12(17)7-13(8)18-14(19)9-4-2-3-5-10(9)15(20)21/h2-3,6-7,9-10H,4-5H2,1H3,(H,18,19)(H,20,21). The summed E-state index contributed by atoms with van der Waals surface area (Å²) in [6.07, 6.45) is 4.29. The van der Waals surface area contributed by atoms with Crippen LogP contribution in [0.1, 0.15) is 18.4 Å². The zero-order chi connectivity index (χ0) is 15.6. The van der Waals surface area contributed by atoms with Crippen molar-refractivity contribution in [3.05, 3.63) is 40.1 Å². The molecule has 0 bridgehead atoms. The zero-order valence-electron chi connectivity index (χ0n) is 11.4. The van der Waals surface area contributed by atoms with Crippen LogP contribution in [0.4, 0.5) is 10.1 Å². The Kier molecular flexibility index (Phi) is 4.77. The van der Waals surface area contributed by atoms with Crippen molar-refractivity contribution in [1.29, 1.82) is 0 Å². The molecule has 0 fully saturated rings.